The summed E-state index contributed by atoms with van der Waals surface area (Å²) >= 11 is 0. The number of carbonyl (C=O) groups is 1. The second kappa shape index (κ2) is 7.64. The van der Waals surface area contributed by atoms with Gasteiger partial charge in [0.1, 0.15) is 6.61 Å². The number of esters is 1. The van der Waals surface area contributed by atoms with Gasteiger partial charge in [-0.25, -0.2) is 0 Å². The largest absolute Gasteiger partial charge is 0.461 e. The first-order valence-corrected chi connectivity index (χ1v) is 7.12. The molecule has 0 saturated carbocycles. The van der Waals surface area contributed by atoms with Crippen molar-refractivity contribution in [3.8, 4) is 0 Å². The molecule has 120 valence electrons. The van der Waals surface area contributed by atoms with Gasteiger partial charge >= 0.3 is 5.97 Å². The molecule has 0 aromatic carbocycles. The summed E-state index contributed by atoms with van der Waals surface area (Å²) in [6.07, 6.45) is 3.95. The highest BCUT2D eigenvalue weighted by Crippen LogP contribution is 2.24. The van der Waals surface area contributed by atoms with E-state index in [0.29, 0.717) is 0 Å². The van der Waals surface area contributed by atoms with Gasteiger partial charge in [-0.1, -0.05) is 6.58 Å². The maximum absolute atomic E-state index is 11.0. The molecular weight excluding hydrogens is 278 g/mol. The van der Waals surface area contributed by atoms with Gasteiger partial charge in [0.2, 0.25) is 0 Å². The maximum atomic E-state index is 11.0. The molecule has 1 aliphatic rings. The predicted molar refractivity (Wildman–Crippen MR) is 90.5 cm³/mol. The molecule has 0 amide bonds. The van der Waals surface area contributed by atoms with E-state index >= 15 is 0 Å². The van der Waals surface area contributed by atoms with Crippen molar-refractivity contribution in [1.29, 1.82) is 0 Å². The van der Waals surface area contributed by atoms with E-state index in [1.807, 2.05) is 45.1 Å². The number of hydrogen-bond donors (Lipinski definition) is 1. The summed E-state index contributed by atoms with van der Waals surface area (Å²) in [4.78, 5) is 17.4. The second-order valence-corrected chi connectivity index (χ2v) is 5.16. The van der Waals surface area contributed by atoms with Crippen molar-refractivity contribution >= 4 is 11.7 Å². The van der Waals surface area contributed by atoms with Crippen LogP contribution in [-0.2, 0) is 9.53 Å². The van der Waals surface area contributed by atoms with Crippen LogP contribution in [0.3, 0.4) is 0 Å². The average Bonchev–Trinajstić information content (AvgIpc) is 2.48. The van der Waals surface area contributed by atoms with Crippen LogP contribution in [0.2, 0.25) is 0 Å². The van der Waals surface area contributed by atoms with Crippen LogP contribution in [0.1, 0.15) is 20.8 Å². The average molecular weight is 303 g/mol. The quantitative estimate of drug-likeness (QED) is 0.626. The number of nitrogens with zero attached hydrogens (tertiary/aromatic N) is 2. The minimum absolute atomic E-state index is 0.209. The van der Waals surface area contributed by atoms with Crippen molar-refractivity contribution in [3.63, 3.8) is 0 Å². The molecule has 0 fully saturated rings. The summed E-state index contributed by atoms with van der Waals surface area (Å²) in [5.41, 5.74) is 5.67. The van der Waals surface area contributed by atoms with Crippen LogP contribution < -0.4 is 5.32 Å². The Balaban J connectivity index is 3.19. The molecule has 5 heteroatoms. The standard InChI is InChI=1S/C17H25N3O2/c1-11(12(2)18-5)17(19-6)15-8-16(10-22-14(4)21)13(3)20(7)9-15/h8-9,18H,3,10H2,1-2,4-7H3/b12-11+,19-17?. The van der Waals surface area contributed by atoms with Crippen LogP contribution in [0.4, 0.5) is 0 Å². The Hall–Kier alpha value is -2.30. The number of likely N-dealkylation sites (N-methyl/N-ethyl adjacent to an activating group) is 1. The molecule has 0 unspecified atom stereocenters. The normalized spacial score (nSPS) is 16.7. The van der Waals surface area contributed by atoms with Crippen molar-refractivity contribution in [1.82, 2.24) is 10.2 Å². The lowest BCUT2D eigenvalue weighted by molar-refractivity contribution is -0.139. The zero-order valence-corrected chi connectivity index (χ0v) is 14.3. The molecular formula is C17H25N3O2. The fourth-order valence-corrected chi connectivity index (χ4v) is 2.13. The molecule has 5 nitrogen and oxygen atoms in total. The van der Waals surface area contributed by atoms with Crippen LogP contribution >= 0.6 is 0 Å². The summed E-state index contributed by atoms with van der Waals surface area (Å²) in [5.74, 6) is -0.307. The molecule has 22 heavy (non-hydrogen) atoms. The molecule has 1 N–H and O–H groups in total. The Labute approximate surface area is 132 Å². The van der Waals surface area contributed by atoms with Gasteiger partial charge in [-0.3, -0.25) is 9.79 Å². The lowest BCUT2D eigenvalue weighted by Crippen LogP contribution is -2.22. The van der Waals surface area contributed by atoms with E-state index in [1.165, 1.54) is 6.92 Å². The van der Waals surface area contributed by atoms with Crippen LogP contribution in [0, 0.1) is 0 Å². The van der Waals surface area contributed by atoms with Crippen molar-refractivity contribution < 1.29 is 9.53 Å². The SMILES string of the molecule is C=C1C(COC(C)=O)=CC(C(=NC)/C(C)=C(\C)NC)=CN1C. The summed E-state index contributed by atoms with van der Waals surface area (Å²) in [5, 5.41) is 3.14. The Morgan fingerprint density at radius 3 is 2.55 bits per heavy atom. The Bertz CT molecular complexity index is 595. The summed E-state index contributed by atoms with van der Waals surface area (Å²) in [7, 11) is 5.57. The molecule has 0 bridgehead atoms. The first-order chi connectivity index (χ1) is 10.3. The van der Waals surface area contributed by atoms with E-state index in [9.17, 15) is 4.79 Å². The van der Waals surface area contributed by atoms with E-state index < -0.39 is 0 Å². The minimum atomic E-state index is -0.307. The smallest absolute Gasteiger partial charge is 0.302 e. The Morgan fingerprint density at radius 1 is 1.41 bits per heavy atom. The highest BCUT2D eigenvalue weighted by Gasteiger charge is 2.19. The zero-order chi connectivity index (χ0) is 16.9. The lowest BCUT2D eigenvalue weighted by Gasteiger charge is -2.26. The van der Waals surface area contributed by atoms with Crippen molar-refractivity contribution in [2.24, 2.45) is 4.99 Å². The van der Waals surface area contributed by atoms with Gasteiger partial charge in [0.05, 0.1) is 5.71 Å². The molecule has 1 heterocycles. The van der Waals surface area contributed by atoms with Gasteiger partial charge in [0.15, 0.2) is 0 Å². The number of carbonyl (C=O) groups excluding carboxylic acids is 1. The fourth-order valence-electron chi connectivity index (χ4n) is 2.13. The first-order valence-electron chi connectivity index (χ1n) is 7.12. The van der Waals surface area contributed by atoms with Gasteiger partial charge in [0, 0.05) is 56.8 Å². The molecule has 1 rings (SSSR count). The van der Waals surface area contributed by atoms with Crippen LogP contribution in [0.5, 0.6) is 0 Å². The van der Waals surface area contributed by atoms with Crippen LogP contribution in [-0.4, -0.2) is 44.3 Å². The number of rotatable bonds is 5. The third kappa shape index (κ3) is 4.10. The third-order valence-electron chi connectivity index (χ3n) is 3.68. The summed E-state index contributed by atoms with van der Waals surface area (Å²) < 4.78 is 5.10. The van der Waals surface area contributed by atoms with Gasteiger partial charge in [-0.05, 0) is 25.5 Å². The number of nitrogens with one attached hydrogen (secondary N) is 1. The van der Waals surface area contributed by atoms with E-state index in [2.05, 4.69) is 16.9 Å². The van der Waals surface area contributed by atoms with Gasteiger partial charge < -0.3 is 15.0 Å². The monoisotopic (exact) mass is 303 g/mol. The molecule has 0 aromatic heterocycles. The van der Waals surface area contributed by atoms with Gasteiger partial charge in [0.25, 0.3) is 0 Å². The van der Waals surface area contributed by atoms with Gasteiger partial charge in [-0.15, -0.1) is 0 Å². The highest BCUT2D eigenvalue weighted by molar-refractivity contribution is 6.14. The van der Waals surface area contributed by atoms with E-state index in [0.717, 1.165) is 33.8 Å². The molecule has 0 atom stereocenters. The molecule has 1 aliphatic heterocycles. The second-order valence-electron chi connectivity index (χ2n) is 5.16. The van der Waals surface area contributed by atoms with Crippen LogP contribution in [0.15, 0.2) is 52.0 Å². The topological polar surface area (TPSA) is 53.9 Å². The Morgan fingerprint density at radius 2 is 2.05 bits per heavy atom. The lowest BCUT2D eigenvalue weighted by atomic mass is 9.97. The van der Waals surface area contributed by atoms with E-state index in [4.69, 9.17) is 4.74 Å². The van der Waals surface area contributed by atoms with Crippen molar-refractivity contribution in [2.75, 3.05) is 27.7 Å². The molecule has 0 aromatic rings. The highest BCUT2D eigenvalue weighted by atomic mass is 16.5. The molecule has 0 aliphatic carbocycles. The fraction of sp³-hybridized carbons (Fsp3) is 0.412. The van der Waals surface area contributed by atoms with Crippen molar-refractivity contribution in [3.05, 3.63) is 47.0 Å². The maximum Gasteiger partial charge on any atom is 0.302 e. The summed E-state index contributed by atoms with van der Waals surface area (Å²) in [6, 6.07) is 0. The van der Waals surface area contributed by atoms with Crippen molar-refractivity contribution in [2.45, 2.75) is 20.8 Å². The number of hydrogen-bond acceptors (Lipinski definition) is 5. The molecule has 0 saturated heterocycles. The first kappa shape index (κ1) is 17.8. The molecule has 0 spiro atoms. The van der Waals surface area contributed by atoms with E-state index in [1.54, 1.807) is 7.05 Å². The number of ether oxygens (including phenoxy) is 1. The predicted octanol–water partition coefficient (Wildman–Crippen LogP) is 2.40. The number of aliphatic imine (C=N–C) groups is 1. The number of allylic oxidation sites excluding steroid dienone is 4. The Kier molecular flexibility index (Phi) is 6.16. The van der Waals surface area contributed by atoms with Crippen LogP contribution in [0.25, 0.3) is 0 Å². The molecule has 0 radical (unpaired) electrons. The van der Waals surface area contributed by atoms with Gasteiger partial charge in [-0.2, -0.15) is 0 Å². The van der Waals surface area contributed by atoms with E-state index in [-0.39, 0.29) is 12.6 Å². The zero-order valence-electron chi connectivity index (χ0n) is 14.3. The summed E-state index contributed by atoms with van der Waals surface area (Å²) in [6.45, 7) is 9.67. The third-order valence-corrected chi connectivity index (χ3v) is 3.68. The minimum Gasteiger partial charge on any atom is -0.461 e.